The van der Waals surface area contributed by atoms with Crippen molar-refractivity contribution in [2.24, 2.45) is 7.05 Å². The number of likely N-dealkylation sites (tertiary alicyclic amines) is 2. The number of imide groups is 1. The molecule has 4 aromatic heterocycles. The molecule has 11 rings (SSSR count). The number of benzene rings is 2. The number of hydrogen-bond acceptors (Lipinski definition) is 12. The van der Waals surface area contributed by atoms with Gasteiger partial charge in [-0.2, -0.15) is 0 Å². The van der Waals surface area contributed by atoms with Gasteiger partial charge in [0.25, 0.3) is 5.91 Å². The van der Waals surface area contributed by atoms with E-state index in [1.54, 1.807) is 26.9 Å². The quantitative estimate of drug-likeness (QED) is 0.162. The van der Waals surface area contributed by atoms with E-state index in [9.17, 15) is 19.2 Å². The molecule has 17 nitrogen and oxygen atoms in total. The molecule has 0 bridgehead atoms. The third kappa shape index (κ3) is 7.92. The van der Waals surface area contributed by atoms with Crippen LogP contribution in [0.25, 0.3) is 27.9 Å². The van der Waals surface area contributed by atoms with E-state index in [2.05, 4.69) is 82.0 Å². The van der Waals surface area contributed by atoms with Gasteiger partial charge in [0.05, 0.1) is 22.9 Å². The molecule has 1 unspecified atom stereocenters. The van der Waals surface area contributed by atoms with E-state index in [1.807, 2.05) is 36.5 Å². The van der Waals surface area contributed by atoms with Crippen LogP contribution >= 0.6 is 0 Å². The number of anilines is 3. The van der Waals surface area contributed by atoms with Gasteiger partial charge in [-0.15, -0.1) is 5.10 Å². The standard InChI is InChI=1S/C47H53N13O4/c1-54-40-24-35(8-10-38(40)59(47(54)64)39-11-14-44(61)52-45(39)62)56-19-21-57(22-20-56)36-28-58(29-36)34-15-17-55(18-16-34)27-30-5-9-37(48-25-30)31-3-2-4-33(23-31)50-42-12-13-43-49-26-41(60(43)53-42)46(63)51-32-6-7-32/h2-5,8-10,12-13,23-26,32,34,36,39H,6-7,11,14-22,27-29H2,1H3,(H,50,53)(H,51,63)(H,52,61,62). The third-order valence-electron chi connectivity index (χ3n) is 13.9. The predicted octanol–water partition coefficient (Wildman–Crippen LogP) is 3.53. The summed E-state index contributed by atoms with van der Waals surface area (Å²) in [5.41, 5.74) is 7.41. The number of rotatable bonds is 11. The van der Waals surface area contributed by atoms with Gasteiger partial charge >= 0.3 is 5.69 Å². The van der Waals surface area contributed by atoms with Gasteiger partial charge in [0.1, 0.15) is 6.04 Å². The lowest BCUT2D eigenvalue weighted by Crippen LogP contribution is -2.65. The molecule has 17 heteroatoms. The fraction of sp³-hybridized carbons (Fsp3) is 0.426. The third-order valence-corrected chi connectivity index (χ3v) is 13.9. The smallest absolute Gasteiger partial charge is 0.329 e. The lowest BCUT2D eigenvalue weighted by Gasteiger charge is -2.52. The van der Waals surface area contributed by atoms with Gasteiger partial charge in [0.2, 0.25) is 11.8 Å². The highest BCUT2D eigenvalue weighted by atomic mass is 16.2. The minimum atomic E-state index is -0.680. The van der Waals surface area contributed by atoms with Crippen LogP contribution in [0.5, 0.6) is 0 Å². The van der Waals surface area contributed by atoms with E-state index in [4.69, 9.17) is 4.98 Å². The van der Waals surface area contributed by atoms with Gasteiger partial charge in [-0.05, 0) is 99.3 Å². The van der Waals surface area contributed by atoms with Crippen molar-refractivity contribution in [3.63, 3.8) is 0 Å². The second-order valence-corrected chi connectivity index (χ2v) is 18.1. The van der Waals surface area contributed by atoms with Crippen molar-refractivity contribution in [2.45, 2.75) is 69.2 Å². The zero-order valence-electron chi connectivity index (χ0n) is 36.0. The van der Waals surface area contributed by atoms with E-state index in [1.165, 1.54) is 18.4 Å². The van der Waals surface area contributed by atoms with Gasteiger partial charge in [-0.25, -0.2) is 14.3 Å². The Morgan fingerprint density at radius 2 is 1.62 bits per heavy atom. The number of amides is 3. The summed E-state index contributed by atoms with van der Waals surface area (Å²) in [5, 5.41) is 13.5. The van der Waals surface area contributed by atoms with Gasteiger partial charge in [-0.1, -0.05) is 18.2 Å². The number of pyridine rings is 1. The SMILES string of the molecule is Cn1c(=O)n(C2CCC(=O)NC2=O)c2ccc(N3CCN(C4CN(C5CCN(Cc6ccc(-c7cccc(Nc8ccc9ncc(C(=O)NC%10CC%10)n9n8)c7)nc6)CC5)C4)CC3)cc21. The predicted molar refractivity (Wildman–Crippen MR) is 242 cm³/mol. The molecule has 330 valence electrons. The second kappa shape index (κ2) is 16.6. The number of carbonyl (C=O) groups excluding carboxylic acids is 3. The van der Waals surface area contributed by atoms with Crippen LogP contribution in [-0.2, 0) is 23.2 Å². The van der Waals surface area contributed by atoms with Gasteiger partial charge in [0.15, 0.2) is 17.2 Å². The second-order valence-electron chi connectivity index (χ2n) is 18.1. The largest absolute Gasteiger partial charge is 0.369 e. The van der Waals surface area contributed by atoms with Crippen LogP contribution < -0.4 is 26.5 Å². The number of imidazole rings is 2. The fourth-order valence-electron chi connectivity index (χ4n) is 10.0. The molecule has 1 saturated carbocycles. The van der Waals surface area contributed by atoms with Crippen molar-refractivity contribution in [1.29, 1.82) is 0 Å². The molecule has 0 spiro atoms. The minimum Gasteiger partial charge on any atom is -0.369 e. The molecule has 5 aliphatic rings. The zero-order valence-corrected chi connectivity index (χ0v) is 36.0. The number of piperidine rings is 2. The highest BCUT2D eigenvalue weighted by Gasteiger charge is 2.38. The highest BCUT2D eigenvalue weighted by molar-refractivity contribution is 6.00. The average Bonchev–Trinajstić information content (AvgIpc) is 3.95. The maximum atomic E-state index is 13.3. The molecule has 3 amide bonds. The zero-order chi connectivity index (χ0) is 43.5. The Balaban J connectivity index is 0.633. The van der Waals surface area contributed by atoms with E-state index < -0.39 is 11.9 Å². The van der Waals surface area contributed by atoms with Crippen molar-refractivity contribution >= 4 is 51.6 Å². The summed E-state index contributed by atoms with van der Waals surface area (Å²) >= 11 is 0. The Morgan fingerprint density at radius 1 is 0.797 bits per heavy atom. The topological polar surface area (TPSA) is 170 Å². The van der Waals surface area contributed by atoms with Crippen molar-refractivity contribution < 1.29 is 14.4 Å². The first-order chi connectivity index (χ1) is 31.2. The lowest BCUT2D eigenvalue weighted by atomic mass is 9.96. The molecule has 1 aliphatic carbocycles. The van der Waals surface area contributed by atoms with E-state index in [0.717, 1.165) is 105 Å². The first kappa shape index (κ1) is 40.4. The summed E-state index contributed by atoms with van der Waals surface area (Å²) in [7, 11) is 1.75. The Labute approximate surface area is 370 Å². The molecular formula is C47H53N13O4. The maximum absolute atomic E-state index is 13.3. The molecule has 5 fully saturated rings. The Morgan fingerprint density at radius 3 is 2.39 bits per heavy atom. The van der Waals surface area contributed by atoms with Gasteiger partial charge in [0, 0.05) is 101 Å². The van der Waals surface area contributed by atoms with E-state index >= 15 is 0 Å². The highest BCUT2D eigenvalue weighted by Crippen LogP contribution is 2.30. The van der Waals surface area contributed by atoms with Crippen LogP contribution in [0.2, 0.25) is 0 Å². The van der Waals surface area contributed by atoms with Crippen LogP contribution in [0.3, 0.4) is 0 Å². The number of piperazine rings is 1. The molecule has 8 heterocycles. The molecule has 2 aromatic carbocycles. The molecular weight excluding hydrogens is 811 g/mol. The Bertz CT molecular complexity index is 2810. The molecule has 3 N–H and O–H groups in total. The number of nitrogens with zero attached hydrogens (tertiary/aromatic N) is 10. The van der Waals surface area contributed by atoms with Crippen LogP contribution in [0.1, 0.15) is 60.6 Å². The Kier molecular flexibility index (Phi) is 10.5. The Hall–Kier alpha value is -6.43. The summed E-state index contributed by atoms with van der Waals surface area (Å²) in [6, 6.07) is 23.0. The molecule has 6 aromatic rings. The van der Waals surface area contributed by atoms with Crippen molar-refractivity contribution in [1.82, 2.24) is 54.0 Å². The molecule has 4 aliphatic heterocycles. The molecule has 0 radical (unpaired) electrons. The molecule has 64 heavy (non-hydrogen) atoms. The van der Waals surface area contributed by atoms with Crippen molar-refractivity contribution in [3.05, 3.63) is 101 Å². The van der Waals surface area contributed by atoms with Crippen LogP contribution in [0, 0.1) is 0 Å². The molecule has 4 saturated heterocycles. The summed E-state index contributed by atoms with van der Waals surface area (Å²) in [5.74, 6) is -0.240. The van der Waals surface area contributed by atoms with Crippen molar-refractivity contribution in [3.8, 4) is 11.3 Å². The van der Waals surface area contributed by atoms with Crippen molar-refractivity contribution in [2.75, 3.05) is 62.6 Å². The van der Waals surface area contributed by atoms with Gasteiger partial charge < -0.3 is 15.5 Å². The number of fused-ring (bicyclic) bond motifs is 2. The first-order valence-electron chi connectivity index (χ1n) is 22.7. The summed E-state index contributed by atoms with van der Waals surface area (Å²) in [6.07, 6.45) is 8.53. The summed E-state index contributed by atoms with van der Waals surface area (Å²) in [4.78, 5) is 69.8. The van der Waals surface area contributed by atoms with E-state index in [-0.39, 0.29) is 30.0 Å². The first-order valence-corrected chi connectivity index (χ1v) is 22.7. The average molecular weight is 864 g/mol. The van der Waals surface area contributed by atoms with Crippen LogP contribution in [-0.4, -0.2) is 132 Å². The van der Waals surface area contributed by atoms with Crippen LogP contribution in [0.15, 0.2) is 83.9 Å². The lowest BCUT2D eigenvalue weighted by molar-refractivity contribution is -0.135. The van der Waals surface area contributed by atoms with Crippen LogP contribution in [0.4, 0.5) is 17.2 Å². The number of carbonyl (C=O) groups is 3. The minimum absolute atomic E-state index is 0.154. The normalized spacial score (nSPS) is 20.8. The number of aromatic nitrogens is 6. The fourth-order valence-corrected chi connectivity index (χ4v) is 10.0. The number of hydrogen-bond donors (Lipinski definition) is 3. The molecule has 1 atom stereocenters. The van der Waals surface area contributed by atoms with E-state index in [0.29, 0.717) is 35.7 Å². The van der Waals surface area contributed by atoms with Gasteiger partial charge in [-0.3, -0.25) is 48.5 Å². The summed E-state index contributed by atoms with van der Waals surface area (Å²) in [6.45, 7) is 9.18. The number of nitrogens with one attached hydrogen (secondary N) is 3. The maximum Gasteiger partial charge on any atom is 0.329 e. The summed E-state index contributed by atoms with van der Waals surface area (Å²) < 4.78 is 4.74. The number of aryl methyl sites for hydroxylation is 1. The monoisotopic (exact) mass is 863 g/mol.